The van der Waals surface area contributed by atoms with Crippen molar-refractivity contribution in [3.05, 3.63) is 0 Å². The lowest BCUT2D eigenvalue weighted by atomic mass is 10.2. The summed E-state index contributed by atoms with van der Waals surface area (Å²) in [6.45, 7) is 0.0855. The first-order valence-corrected chi connectivity index (χ1v) is 4.07. The highest BCUT2D eigenvalue weighted by Crippen LogP contribution is 1.93. The molecule has 0 spiro atoms. The van der Waals surface area contributed by atoms with Crippen LogP contribution in [0.4, 0.5) is 0 Å². The van der Waals surface area contributed by atoms with E-state index in [0.29, 0.717) is 12.8 Å². The molecule has 0 saturated heterocycles. The number of amides is 1. The quantitative estimate of drug-likeness (QED) is 0.472. The molecule has 0 rings (SSSR count). The second-order valence-electron chi connectivity index (χ2n) is 1.93. The summed E-state index contributed by atoms with van der Waals surface area (Å²) in [4.78, 5) is 10.7. The Balaban J connectivity index is 3.41. The van der Waals surface area contributed by atoms with Crippen molar-refractivity contribution in [1.82, 2.24) is 3.53 Å². The van der Waals surface area contributed by atoms with Gasteiger partial charge in [-0.15, -0.1) is 0 Å². The number of hydrogen-bond acceptors (Lipinski definition) is 3. The zero-order chi connectivity index (χ0) is 7.98. The Bertz CT molecular complexity index is 110. The number of aliphatic hydroxyl groups is 1. The average Bonchev–Trinajstić information content (AvgIpc) is 1.98. The van der Waals surface area contributed by atoms with Gasteiger partial charge in [0, 0.05) is 6.61 Å². The molecule has 0 aromatic heterocycles. The largest absolute Gasteiger partial charge is 0.396 e. The third kappa shape index (κ3) is 4.02. The maximum absolute atomic E-state index is 10.7. The fraction of sp³-hybridized carbons (Fsp3) is 0.800. The first kappa shape index (κ1) is 10.1. The minimum Gasteiger partial charge on any atom is -0.396 e. The molecular weight excluding hydrogens is 247 g/mol. The van der Waals surface area contributed by atoms with Gasteiger partial charge < -0.3 is 10.8 Å². The number of carbonyl (C=O) groups is 1. The fourth-order valence-corrected chi connectivity index (χ4v) is 0.912. The molecule has 1 atom stereocenters. The normalized spacial score (nSPS) is 12.7. The van der Waals surface area contributed by atoms with Gasteiger partial charge >= 0.3 is 0 Å². The first-order valence-electron chi connectivity index (χ1n) is 2.99. The van der Waals surface area contributed by atoms with Gasteiger partial charge in [-0.25, -0.2) is 0 Å². The van der Waals surface area contributed by atoms with Crippen LogP contribution >= 0.6 is 22.9 Å². The molecule has 0 aromatic carbocycles. The molecule has 0 heterocycles. The summed E-state index contributed by atoms with van der Waals surface area (Å²) >= 11 is 1.74. The number of halogens is 1. The molecule has 4 nitrogen and oxygen atoms in total. The summed E-state index contributed by atoms with van der Waals surface area (Å²) in [5.41, 5.74) is 5.39. The van der Waals surface area contributed by atoms with E-state index in [-0.39, 0.29) is 12.5 Å². The van der Waals surface area contributed by atoms with E-state index < -0.39 is 6.04 Å². The van der Waals surface area contributed by atoms with Gasteiger partial charge in [-0.3, -0.25) is 8.32 Å². The number of nitrogens with two attached hydrogens (primary N) is 1. The van der Waals surface area contributed by atoms with Crippen LogP contribution in [0.1, 0.15) is 12.8 Å². The fourth-order valence-electron chi connectivity index (χ4n) is 0.512. The summed E-state index contributed by atoms with van der Waals surface area (Å²) in [7, 11) is 0. The molecular formula is C5H11IN2O2. The van der Waals surface area contributed by atoms with Crippen molar-refractivity contribution < 1.29 is 9.90 Å². The number of hydrogen-bond donors (Lipinski definition) is 3. The number of aliphatic hydroxyl groups excluding tert-OH is 1. The van der Waals surface area contributed by atoms with Crippen molar-refractivity contribution in [2.75, 3.05) is 6.61 Å². The number of nitrogens with one attached hydrogen (secondary N) is 1. The Kier molecular flexibility index (Phi) is 5.94. The Morgan fingerprint density at radius 2 is 2.40 bits per heavy atom. The molecule has 0 radical (unpaired) electrons. The molecule has 0 saturated carbocycles. The highest BCUT2D eigenvalue weighted by Gasteiger charge is 2.10. The van der Waals surface area contributed by atoms with Crippen LogP contribution in [0.25, 0.3) is 0 Å². The summed E-state index contributed by atoms with van der Waals surface area (Å²) in [5.74, 6) is -0.186. The SMILES string of the molecule is NC(CCCO)C(=O)NI. The number of rotatable bonds is 4. The molecule has 0 aliphatic heterocycles. The molecule has 0 fully saturated rings. The van der Waals surface area contributed by atoms with Crippen LogP contribution in [0.15, 0.2) is 0 Å². The lowest BCUT2D eigenvalue weighted by Gasteiger charge is -2.06. The van der Waals surface area contributed by atoms with Crippen LogP contribution in [0.2, 0.25) is 0 Å². The van der Waals surface area contributed by atoms with Gasteiger partial charge in [0.15, 0.2) is 0 Å². The van der Waals surface area contributed by atoms with Crippen LogP contribution in [0, 0.1) is 0 Å². The van der Waals surface area contributed by atoms with Gasteiger partial charge in [-0.05, 0) is 12.8 Å². The Hall–Kier alpha value is 0.120. The molecule has 60 valence electrons. The lowest BCUT2D eigenvalue weighted by Crippen LogP contribution is -2.36. The van der Waals surface area contributed by atoms with Crippen molar-refractivity contribution in [2.24, 2.45) is 5.73 Å². The topological polar surface area (TPSA) is 75.3 Å². The Labute approximate surface area is 73.7 Å². The van der Waals surface area contributed by atoms with E-state index in [1.165, 1.54) is 0 Å². The van der Waals surface area contributed by atoms with Crippen LogP contribution in [0.5, 0.6) is 0 Å². The highest BCUT2D eigenvalue weighted by atomic mass is 127. The third-order valence-electron chi connectivity index (χ3n) is 1.10. The van der Waals surface area contributed by atoms with Crippen molar-refractivity contribution in [1.29, 1.82) is 0 Å². The second-order valence-corrected chi connectivity index (χ2v) is 2.47. The van der Waals surface area contributed by atoms with Gasteiger partial charge in [-0.1, -0.05) is 0 Å². The van der Waals surface area contributed by atoms with Gasteiger partial charge in [0.05, 0.1) is 28.9 Å². The predicted octanol–water partition coefficient (Wildman–Crippen LogP) is -0.448. The smallest absolute Gasteiger partial charge is 0.245 e. The van der Waals surface area contributed by atoms with E-state index in [0.717, 1.165) is 0 Å². The molecule has 0 aliphatic carbocycles. The van der Waals surface area contributed by atoms with Crippen LogP contribution in [0.3, 0.4) is 0 Å². The van der Waals surface area contributed by atoms with Crippen molar-refractivity contribution >= 4 is 28.8 Å². The summed E-state index contributed by atoms with van der Waals surface area (Å²) in [6, 6.07) is -0.482. The molecule has 0 aliphatic rings. The third-order valence-corrected chi connectivity index (χ3v) is 1.63. The zero-order valence-electron chi connectivity index (χ0n) is 5.51. The van der Waals surface area contributed by atoms with E-state index in [4.69, 9.17) is 10.8 Å². The molecule has 1 amide bonds. The minimum atomic E-state index is -0.482. The van der Waals surface area contributed by atoms with Crippen LogP contribution in [-0.4, -0.2) is 23.7 Å². The van der Waals surface area contributed by atoms with Gasteiger partial charge in [0.2, 0.25) is 5.91 Å². The van der Waals surface area contributed by atoms with Crippen molar-refractivity contribution in [2.45, 2.75) is 18.9 Å². The molecule has 4 N–H and O–H groups in total. The Morgan fingerprint density at radius 3 is 2.80 bits per heavy atom. The molecule has 1 unspecified atom stereocenters. The zero-order valence-corrected chi connectivity index (χ0v) is 7.67. The maximum Gasteiger partial charge on any atom is 0.245 e. The summed E-state index contributed by atoms with van der Waals surface area (Å²) in [6.07, 6.45) is 1.11. The highest BCUT2D eigenvalue weighted by molar-refractivity contribution is 14.1. The standard InChI is InChI=1S/C5H11IN2O2/c6-8-5(10)4(7)2-1-3-9/h4,9H,1-3,7H2,(H,8,10). The predicted molar refractivity (Wildman–Crippen MR) is 46.5 cm³/mol. The van der Waals surface area contributed by atoms with Gasteiger partial charge in [0.1, 0.15) is 0 Å². The number of carbonyl (C=O) groups excluding carboxylic acids is 1. The van der Waals surface area contributed by atoms with E-state index in [9.17, 15) is 4.79 Å². The summed E-state index contributed by atoms with van der Waals surface area (Å²) in [5, 5.41) is 8.38. The molecule has 5 heteroatoms. The van der Waals surface area contributed by atoms with E-state index in [2.05, 4.69) is 3.53 Å². The second kappa shape index (κ2) is 5.87. The van der Waals surface area contributed by atoms with Crippen LogP contribution in [-0.2, 0) is 4.79 Å². The average molecular weight is 258 g/mol. The molecule has 0 aromatic rings. The maximum atomic E-state index is 10.7. The Morgan fingerprint density at radius 1 is 1.80 bits per heavy atom. The molecule has 10 heavy (non-hydrogen) atoms. The van der Waals surface area contributed by atoms with Gasteiger partial charge in [0.25, 0.3) is 0 Å². The van der Waals surface area contributed by atoms with E-state index >= 15 is 0 Å². The van der Waals surface area contributed by atoms with E-state index in [1.807, 2.05) is 0 Å². The lowest BCUT2D eigenvalue weighted by molar-refractivity contribution is -0.120. The van der Waals surface area contributed by atoms with Crippen molar-refractivity contribution in [3.63, 3.8) is 0 Å². The summed E-state index contributed by atoms with van der Waals surface area (Å²) < 4.78 is 2.40. The van der Waals surface area contributed by atoms with Crippen molar-refractivity contribution in [3.8, 4) is 0 Å². The molecule has 0 bridgehead atoms. The van der Waals surface area contributed by atoms with Gasteiger partial charge in [-0.2, -0.15) is 0 Å². The minimum absolute atomic E-state index is 0.0855. The monoisotopic (exact) mass is 258 g/mol. The van der Waals surface area contributed by atoms with Crippen LogP contribution < -0.4 is 9.26 Å². The first-order chi connectivity index (χ1) is 4.72. The van der Waals surface area contributed by atoms with E-state index in [1.54, 1.807) is 22.9 Å².